The van der Waals surface area contributed by atoms with Crippen LogP contribution >= 0.6 is 11.6 Å². The molecule has 0 atom stereocenters. The summed E-state index contributed by atoms with van der Waals surface area (Å²) in [5.41, 5.74) is 0.845. The van der Waals surface area contributed by atoms with Crippen molar-refractivity contribution < 1.29 is 18.8 Å². The fourth-order valence-electron chi connectivity index (χ4n) is 2.88. The van der Waals surface area contributed by atoms with Crippen molar-refractivity contribution in [3.05, 3.63) is 52.8 Å². The molecule has 2 heterocycles. The van der Waals surface area contributed by atoms with E-state index in [0.717, 1.165) is 38.4 Å². The van der Waals surface area contributed by atoms with Gasteiger partial charge in [0.1, 0.15) is 36.3 Å². The van der Waals surface area contributed by atoms with E-state index in [2.05, 4.69) is 5.32 Å². The summed E-state index contributed by atoms with van der Waals surface area (Å²) < 4.78 is 11.0. The normalized spacial score (nSPS) is 15.3. The van der Waals surface area contributed by atoms with Gasteiger partial charge in [-0.1, -0.05) is 23.7 Å². The maximum absolute atomic E-state index is 12.2. The summed E-state index contributed by atoms with van der Waals surface area (Å²) in [6, 6.07) is 12.7. The summed E-state index contributed by atoms with van der Waals surface area (Å²) in [7, 11) is 0. The summed E-state index contributed by atoms with van der Waals surface area (Å²) in [5, 5.41) is 12.7. The first-order chi connectivity index (χ1) is 13.2. The minimum atomic E-state index is -0.397. The molecular weight excluding hydrogens is 366 g/mol. The Kier molecular flexibility index (Phi) is 6.66. The Labute approximate surface area is 163 Å². The molecule has 1 aromatic heterocycles. The molecule has 6 nitrogen and oxygen atoms in total. The molecule has 2 N–H and O–H groups in total. The number of carbonyl (C=O) groups is 1. The number of benzene rings is 1. The number of quaternary nitrogens is 1. The molecule has 1 saturated heterocycles. The van der Waals surface area contributed by atoms with Crippen molar-refractivity contribution in [1.29, 1.82) is 5.26 Å². The molecule has 0 unspecified atom stereocenters. The zero-order valence-electron chi connectivity index (χ0n) is 14.8. The number of amides is 1. The Morgan fingerprint density at radius 2 is 2.11 bits per heavy atom. The zero-order valence-corrected chi connectivity index (χ0v) is 15.6. The fraction of sp³-hybridized carbons (Fsp3) is 0.300. The lowest BCUT2D eigenvalue weighted by atomic mass is 10.2. The van der Waals surface area contributed by atoms with Crippen LogP contribution in [0.2, 0.25) is 5.02 Å². The lowest BCUT2D eigenvalue weighted by molar-refractivity contribution is -0.906. The molecule has 1 amide bonds. The summed E-state index contributed by atoms with van der Waals surface area (Å²) in [4.78, 5) is 13.6. The van der Waals surface area contributed by atoms with Gasteiger partial charge in [0.2, 0.25) is 0 Å². The summed E-state index contributed by atoms with van der Waals surface area (Å²) in [5.74, 6) is 0.665. The van der Waals surface area contributed by atoms with Crippen molar-refractivity contribution in [2.45, 2.75) is 0 Å². The van der Waals surface area contributed by atoms with Gasteiger partial charge in [0, 0.05) is 16.7 Å². The minimum absolute atomic E-state index is 0.0129. The Morgan fingerprint density at radius 1 is 1.30 bits per heavy atom. The number of furan rings is 1. The second-order valence-electron chi connectivity index (χ2n) is 6.25. The molecule has 0 spiro atoms. The smallest absolute Gasteiger partial charge is 0.262 e. The minimum Gasteiger partial charge on any atom is -0.457 e. The van der Waals surface area contributed by atoms with Crippen molar-refractivity contribution in [3.63, 3.8) is 0 Å². The van der Waals surface area contributed by atoms with Gasteiger partial charge in [-0.25, -0.2) is 0 Å². The maximum Gasteiger partial charge on any atom is 0.262 e. The third-order valence-electron chi connectivity index (χ3n) is 4.35. The summed E-state index contributed by atoms with van der Waals surface area (Å²) in [6.45, 7) is 4.71. The number of morpholine rings is 1. The van der Waals surface area contributed by atoms with Crippen LogP contribution in [0, 0.1) is 11.3 Å². The first kappa shape index (κ1) is 19.2. The number of carbonyl (C=O) groups excluding carboxylic acids is 1. The Morgan fingerprint density at radius 3 is 2.85 bits per heavy atom. The number of hydrogen-bond donors (Lipinski definition) is 2. The van der Waals surface area contributed by atoms with E-state index in [-0.39, 0.29) is 5.57 Å². The Balaban J connectivity index is 1.60. The highest BCUT2D eigenvalue weighted by Gasteiger charge is 2.15. The molecule has 0 saturated carbocycles. The molecule has 27 heavy (non-hydrogen) atoms. The summed E-state index contributed by atoms with van der Waals surface area (Å²) in [6.07, 6.45) is 1.45. The Bertz CT molecular complexity index is 863. The predicted molar refractivity (Wildman–Crippen MR) is 102 cm³/mol. The number of hydrogen-bond acceptors (Lipinski definition) is 4. The van der Waals surface area contributed by atoms with Gasteiger partial charge in [0.25, 0.3) is 5.91 Å². The van der Waals surface area contributed by atoms with Crippen molar-refractivity contribution in [2.24, 2.45) is 0 Å². The topological polar surface area (TPSA) is 79.7 Å². The highest BCUT2D eigenvalue weighted by molar-refractivity contribution is 6.30. The molecule has 7 heteroatoms. The van der Waals surface area contributed by atoms with Gasteiger partial charge in [-0.3, -0.25) is 4.79 Å². The molecule has 1 aliphatic rings. The van der Waals surface area contributed by atoms with Gasteiger partial charge in [-0.15, -0.1) is 0 Å². The zero-order chi connectivity index (χ0) is 19.1. The fourth-order valence-corrected chi connectivity index (χ4v) is 3.07. The SMILES string of the molecule is N#C/C(=C\c1ccc(-c2cccc(Cl)c2)o1)C(=O)NCC[NH+]1CCOCC1. The molecule has 1 fully saturated rings. The van der Waals surface area contributed by atoms with Crippen LogP contribution in [0.25, 0.3) is 17.4 Å². The monoisotopic (exact) mass is 386 g/mol. The first-order valence-corrected chi connectivity index (χ1v) is 9.20. The predicted octanol–water partition coefficient (Wildman–Crippen LogP) is 1.54. The molecule has 0 bridgehead atoms. The van der Waals surface area contributed by atoms with E-state index in [1.54, 1.807) is 24.3 Å². The van der Waals surface area contributed by atoms with Gasteiger partial charge < -0.3 is 19.4 Å². The van der Waals surface area contributed by atoms with Gasteiger partial charge >= 0.3 is 0 Å². The third-order valence-corrected chi connectivity index (χ3v) is 4.59. The van der Waals surface area contributed by atoms with Gasteiger partial charge in [-0.05, 0) is 24.3 Å². The highest BCUT2D eigenvalue weighted by atomic mass is 35.5. The maximum atomic E-state index is 12.2. The van der Waals surface area contributed by atoms with E-state index in [0.29, 0.717) is 23.1 Å². The second-order valence-corrected chi connectivity index (χ2v) is 6.69. The van der Waals surface area contributed by atoms with Crippen LogP contribution in [-0.2, 0) is 9.53 Å². The van der Waals surface area contributed by atoms with Crippen LogP contribution in [-0.4, -0.2) is 45.3 Å². The number of halogens is 1. The molecule has 1 aliphatic heterocycles. The van der Waals surface area contributed by atoms with Gasteiger partial charge in [0.05, 0.1) is 26.3 Å². The molecule has 2 aromatic rings. The lowest BCUT2D eigenvalue weighted by Gasteiger charge is -2.23. The number of rotatable bonds is 6. The molecule has 0 aliphatic carbocycles. The largest absolute Gasteiger partial charge is 0.457 e. The number of ether oxygens (including phenoxy) is 1. The molecule has 1 aromatic carbocycles. The third kappa shape index (κ3) is 5.44. The molecule has 140 valence electrons. The standard InChI is InChI=1S/C20H20ClN3O3/c21-17-3-1-2-15(12-17)19-5-4-18(27-19)13-16(14-22)20(25)23-6-7-24-8-10-26-11-9-24/h1-5,12-13H,6-11H2,(H,23,25)/p+1/b16-13+. The van der Waals surface area contributed by atoms with E-state index in [1.165, 1.54) is 11.0 Å². The van der Waals surface area contributed by atoms with Crippen molar-refractivity contribution in [2.75, 3.05) is 39.4 Å². The Hall–Kier alpha value is -2.59. The molecule has 3 rings (SSSR count). The summed E-state index contributed by atoms with van der Waals surface area (Å²) >= 11 is 6.00. The highest BCUT2D eigenvalue weighted by Crippen LogP contribution is 2.25. The number of nitrogens with one attached hydrogen (secondary N) is 2. The van der Waals surface area contributed by atoms with Crippen LogP contribution in [0.4, 0.5) is 0 Å². The van der Waals surface area contributed by atoms with Gasteiger partial charge in [0.15, 0.2) is 0 Å². The average Bonchev–Trinajstić information content (AvgIpc) is 3.15. The van der Waals surface area contributed by atoms with Crippen molar-refractivity contribution in [3.8, 4) is 17.4 Å². The van der Waals surface area contributed by atoms with Crippen LogP contribution in [0.15, 0.2) is 46.4 Å². The quantitative estimate of drug-likeness (QED) is 0.583. The average molecular weight is 387 g/mol. The molecule has 0 radical (unpaired) electrons. The van der Waals surface area contributed by atoms with E-state index in [1.807, 2.05) is 18.2 Å². The van der Waals surface area contributed by atoms with E-state index in [4.69, 9.17) is 20.8 Å². The van der Waals surface area contributed by atoms with Crippen LogP contribution in [0.3, 0.4) is 0 Å². The number of nitrogens with zero attached hydrogens (tertiary/aromatic N) is 1. The lowest BCUT2D eigenvalue weighted by Crippen LogP contribution is -3.14. The van der Waals surface area contributed by atoms with E-state index < -0.39 is 5.91 Å². The van der Waals surface area contributed by atoms with Crippen LogP contribution < -0.4 is 10.2 Å². The molecular formula is C20H21ClN3O3+. The van der Waals surface area contributed by atoms with Gasteiger partial charge in [-0.2, -0.15) is 5.26 Å². The van der Waals surface area contributed by atoms with E-state index in [9.17, 15) is 10.1 Å². The van der Waals surface area contributed by atoms with Crippen molar-refractivity contribution >= 4 is 23.6 Å². The first-order valence-electron chi connectivity index (χ1n) is 8.83. The number of nitriles is 1. The van der Waals surface area contributed by atoms with E-state index >= 15 is 0 Å². The van der Waals surface area contributed by atoms with Crippen molar-refractivity contribution in [1.82, 2.24) is 5.32 Å². The second kappa shape index (κ2) is 9.38. The van der Waals surface area contributed by atoms with Crippen LogP contribution in [0.1, 0.15) is 5.76 Å². The van der Waals surface area contributed by atoms with Crippen LogP contribution in [0.5, 0.6) is 0 Å².